The molecule has 1 aliphatic rings. The average Bonchev–Trinajstić information content (AvgIpc) is 2.70. The Hall–Kier alpha value is -1.19. The molecule has 0 bridgehead atoms. The molecule has 1 aromatic heterocycles. The van der Waals surface area contributed by atoms with E-state index in [4.69, 9.17) is 10.7 Å². The molecular weight excluding hydrogens is 240 g/mol. The highest BCUT2D eigenvalue weighted by Gasteiger charge is 2.16. The number of aryl methyl sites for hydroxylation is 2. The molecule has 0 fully saturated rings. The molecule has 1 aliphatic carbocycles. The first kappa shape index (κ1) is 11.9. The highest BCUT2D eigenvalue weighted by molar-refractivity contribution is 7.15. The molecule has 0 amide bonds. The van der Waals surface area contributed by atoms with Gasteiger partial charge in [-0.3, -0.25) is 0 Å². The maximum absolute atomic E-state index is 5.81. The SMILES string of the molecule is NCc1ccccc1-c1nc2c(s1)CCCCC2. The Morgan fingerprint density at radius 2 is 1.94 bits per heavy atom. The van der Waals surface area contributed by atoms with Crippen molar-refractivity contribution in [2.45, 2.75) is 38.6 Å². The molecule has 0 radical (unpaired) electrons. The molecule has 0 unspecified atom stereocenters. The summed E-state index contributed by atoms with van der Waals surface area (Å²) in [5, 5.41) is 1.16. The summed E-state index contributed by atoms with van der Waals surface area (Å²) in [4.78, 5) is 6.35. The van der Waals surface area contributed by atoms with Gasteiger partial charge in [-0.05, 0) is 31.2 Å². The molecule has 3 rings (SSSR count). The van der Waals surface area contributed by atoms with Crippen LogP contribution in [0.2, 0.25) is 0 Å². The Kier molecular flexibility index (Phi) is 3.43. The van der Waals surface area contributed by atoms with Crippen LogP contribution in [0.15, 0.2) is 24.3 Å². The van der Waals surface area contributed by atoms with Gasteiger partial charge in [0.2, 0.25) is 0 Å². The zero-order valence-electron chi connectivity index (χ0n) is 10.5. The van der Waals surface area contributed by atoms with Crippen molar-refractivity contribution in [3.05, 3.63) is 40.4 Å². The van der Waals surface area contributed by atoms with Gasteiger partial charge in [-0.25, -0.2) is 4.98 Å². The smallest absolute Gasteiger partial charge is 0.124 e. The number of hydrogen-bond acceptors (Lipinski definition) is 3. The van der Waals surface area contributed by atoms with E-state index in [1.165, 1.54) is 47.4 Å². The fourth-order valence-corrected chi connectivity index (χ4v) is 3.76. The van der Waals surface area contributed by atoms with Gasteiger partial charge in [-0.1, -0.05) is 30.7 Å². The van der Waals surface area contributed by atoms with Crippen LogP contribution in [-0.4, -0.2) is 4.98 Å². The van der Waals surface area contributed by atoms with E-state index in [0.29, 0.717) is 6.54 Å². The summed E-state index contributed by atoms with van der Waals surface area (Å²) in [6, 6.07) is 8.35. The molecule has 0 atom stereocenters. The van der Waals surface area contributed by atoms with Crippen molar-refractivity contribution in [3.8, 4) is 10.6 Å². The number of nitrogens with zero attached hydrogens (tertiary/aromatic N) is 1. The van der Waals surface area contributed by atoms with Crippen LogP contribution in [0.5, 0.6) is 0 Å². The number of hydrogen-bond donors (Lipinski definition) is 1. The monoisotopic (exact) mass is 258 g/mol. The number of rotatable bonds is 2. The lowest BCUT2D eigenvalue weighted by molar-refractivity contribution is 0.709. The van der Waals surface area contributed by atoms with Crippen LogP contribution in [0.1, 0.15) is 35.4 Å². The van der Waals surface area contributed by atoms with Crippen LogP contribution in [0.4, 0.5) is 0 Å². The van der Waals surface area contributed by atoms with Gasteiger partial charge in [-0.15, -0.1) is 11.3 Å². The highest BCUT2D eigenvalue weighted by atomic mass is 32.1. The second kappa shape index (κ2) is 5.21. The lowest BCUT2D eigenvalue weighted by Crippen LogP contribution is -1.98. The van der Waals surface area contributed by atoms with Crippen LogP contribution < -0.4 is 5.73 Å². The number of fused-ring (bicyclic) bond motifs is 1. The fourth-order valence-electron chi connectivity index (χ4n) is 2.55. The minimum atomic E-state index is 0.584. The zero-order valence-corrected chi connectivity index (χ0v) is 11.3. The Morgan fingerprint density at radius 1 is 1.11 bits per heavy atom. The van der Waals surface area contributed by atoms with E-state index in [-0.39, 0.29) is 0 Å². The third-order valence-corrected chi connectivity index (χ3v) is 4.75. The molecule has 0 saturated heterocycles. The van der Waals surface area contributed by atoms with Gasteiger partial charge in [0, 0.05) is 17.0 Å². The van der Waals surface area contributed by atoms with Crippen molar-refractivity contribution >= 4 is 11.3 Å². The molecule has 0 saturated carbocycles. The van der Waals surface area contributed by atoms with Gasteiger partial charge in [0.25, 0.3) is 0 Å². The first-order valence-electron chi connectivity index (χ1n) is 6.65. The molecular formula is C15H18N2S. The zero-order chi connectivity index (χ0) is 12.4. The first-order valence-corrected chi connectivity index (χ1v) is 7.47. The van der Waals surface area contributed by atoms with Gasteiger partial charge in [0.1, 0.15) is 5.01 Å². The summed E-state index contributed by atoms with van der Waals surface area (Å²) in [5.74, 6) is 0. The normalized spacial score (nSPS) is 15.2. The predicted octanol–water partition coefficient (Wildman–Crippen LogP) is 3.54. The minimum Gasteiger partial charge on any atom is -0.326 e. The van der Waals surface area contributed by atoms with Crippen molar-refractivity contribution in [2.24, 2.45) is 5.73 Å². The van der Waals surface area contributed by atoms with Crippen LogP contribution in [0, 0.1) is 0 Å². The van der Waals surface area contributed by atoms with Crippen molar-refractivity contribution in [2.75, 3.05) is 0 Å². The van der Waals surface area contributed by atoms with Crippen molar-refractivity contribution in [3.63, 3.8) is 0 Å². The summed E-state index contributed by atoms with van der Waals surface area (Å²) in [5.41, 5.74) is 9.56. The van der Waals surface area contributed by atoms with Crippen LogP contribution in [0.25, 0.3) is 10.6 Å². The van der Waals surface area contributed by atoms with Crippen LogP contribution in [-0.2, 0) is 19.4 Å². The van der Waals surface area contributed by atoms with Crippen LogP contribution >= 0.6 is 11.3 Å². The van der Waals surface area contributed by atoms with Gasteiger partial charge in [0.15, 0.2) is 0 Å². The van der Waals surface area contributed by atoms with E-state index in [0.717, 1.165) is 11.4 Å². The van der Waals surface area contributed by atoms with Gasteiger partial charge in [-0.2, -0.15) is 0 Å². The van der Waals surface area contributed by atoms with E-state index in [1.807, 2.05) is 17.4 Å². The van der Waals surface area contributed by atoms with Gasteiger partial charge < -0.3 is 5.73 Å². The number of thiazole rings is 1. The standard InChI is InChI=1S/C15H18N2S/c16-10-11-6-4-5-7-12(11)15-17-13-8-2-1-3-9-14(13)18-15/h4-7H,1-3,8-10,16H2. The third-order valence-electron chi connectivity index (χ3n) is 3.56. The number of nitrogens with two attached hydrogens (primary N) is 1. The lowest BCUT2D eigenvalue weighted by Gasteiger charge is -2.03. The quantitative estimate of drug-likeness (QED) is 0.837. The molecule has 2 N–H and O–H groups in total. The van der Waals surface area contributed by atoms with E-state index in [2.05, 4.69) is 18.2 Å². The Bertz CT molecular complexity index is 522. The predicted molar refractivity (Wildman–Crippen MR) is 76.7 cm³/mol. The van der Waals surface area contributed by atoms with E-state index in [9.17, 15) is 0 Å². The molecule has 94 valence electrons. The largest absolute Gasteiger partial charge is 0.326 e. The molecule has 3 heteroatoms. The second-order valence-electron chi connectivity index (χ2n) is 4.81. The van der Waals surface area contributed by atoms with Crippen molar-refractivity contribution in [1.82, 2.24) is 4.98 Å². The molecule has 18 heavy (non-hydrogen) atoms. The first-order chi connectivity index (χ1) is 8.88. The summed E-state index contributed by atoms with van der Waals surface area (Å²) in [6.07, 6.45) is 6.30. The summed E-state index contributed by atoms with van der Waals surface area (Å²) in [6.45, 7) is 0.584. The summed E-state index contributed by atoms with van der Waals surface area (Å²) >= 11 is 1.86. The average molecular weight is 258 g/mol. The van der Waals surface area contributed by atoms with E-state index < -0.39 is 0 Å². The van der Waals surface area contributed by atoms with Crippen molar-refractivity contribution in [1.29, 1.82) is 0 Å². The number of aromatic nitrogens is 1. The van der Waals surface area contributed by atoms with E-state index in [1.54, 1.807) is 0 Å². The maximum Gasteiger partial charge on any atom is 0.124 e. The highest BCUT2D eigenvalue weighted by Crippen LogP contribution is 2.33. The third kappa shape index (κ3) is 2.20. The van der Waals surface area contributed by atoms with Gasteiger partial charge >= 0.3 is 0 Å². The van der Waals surface area contributed by atoms with Crippen LogP contribution in [0.3, 0.4) is 0 Å². The Balaban J connectivity index is 2.02. The number of benzene rings is 1. The topological polar surface area (TPSA) is 38.9 Å². The fraction of sp³-hybridized carbons (Fsp3) is 0.400. The van der Waals surface area contributed by atoms with E-state index >= 15 is 0 Å². The molecule has 2 nitrogen and oxygen atoms in total. The molecule has 1 aromatic carbocycles. The summed E-state index contributed by atoms with van der Waals surface area (Å²) in [7, 11) is 0. The lowest BCUT2D eigenvalue weighted by atomic mass is 10.1. The maximum atomic E-state index is 5.81. The Labute approximate surface area is 112 Å². The summed E-state index contributed by atoms with van der Waals surface area (Å²) < 4.78 is 0. The molecule has 1 heterocycles. The molecule has 0 aliphatic heterocycles. The molecule has 2 aromatic rings. The van der Waals surface area contributed by atoms with Gasteiger partial charge in [0.05, 0.1) is 5.69 Å². The second-order valence-corrected chi connectivity index (χ2v) is 5.89. The minimum absolute atomic E-state index is 0.584. The molecule has 0 spiro atoms. The Morgan fingerprint density at radius 3 is 2.83 bits per heavy atom. The van der Waals surface area contributed by atoms with Crippen molar-refractivity contribution < 1.29 is 0 Å².